The van der Waals surface area contributed by atoms with Crippen LogP contribution in [0.1, 0.15) is 25.3 Å². The molecule has 5 heteroatoms. The number of aryl methyl sites for hydroxylation is 1. The van der Waals surface area contributed by atoms with E-state index in [0.29, 0.717) is 0 Å². The lowest BCUT2D eigenvalue weighted by atomic mass is 10.0. The van der Waals surface area contributed by atoms with Crippen molar-refractivity contribution in [1.29, 1.82) is 0 Å². The fourth-order valence-corrected chi connectivity index (χ4v) is 3.15. The molecule has 3 saturated heterocycles. The van der Waals surface area contributed by atoms with Gasteiger partial charge < -0.3 is 9.67 Å². The molecule has 18 heavy (non-hydrogen) atoms. The van der Waals surface area contributed by atoms with Crippen LogP contribution in [-0.2, 0) is 6.54 Å². The second-order valence-corrected chi connectivity index (χ2v) is 5.33. The molecule has 0 saturated carbocycles. The van der Waals surface area contributed by atoms with E-state index in [4.69, 9.17) is 0 Å². The van der Waals surface area contributed by atoms with Gasteiger partial charge in [0.05, 0.1) is 6.04 Å². The van der Waals surface area contributed by atoms with Crippen LogP contribution in [0.15, 0.2) is 12.4 Å². The predicted molar refractivity (Wildman–Crippen MR) is 69.3 cm³/mol. The highest BCUT2D eigenvalue weighted by Gasteiger charge is 2.37. The predicted octanol–water partition coefficient (Wildman–Crippen LogP) is 0.326. The van der Waals surface area contributed by atoms with E-state index in [1.54, 1.807) is 6.20 Å². The molecule has 0 aliphatic carbocycles. The normalized spacial score (nSPS) is 32.7. The van der Waals surface area contributed by atoms with Crippen LogP contribution in [-0.4, -0.2) is 63.2 Å². The summed E-state index contributed by atoms with van der Waals surface area (Å²) in [5.41, 5.74) is 0. The second kappa shape index (κ2) is 4.99. The van der Waals surface area contributed by atoms with Crippen LogP contribution in [0.4, 0.5) is 0 Å². The zero-order valence-corrected chi connectivity index (χ0v) is 11.0. The molecule has 1 aromatic rings. The number of piperazine rings is 3. The summed E-state index contributed by atoms with van der Waals surface area (Å²) in [6, 6.07) is 0.213. The van der Waals surface area contributed by atoms with Crippen molar-refractivity contribution >= 4 is 0 Å². The minimum absolute atomic E-state index is 0.213. The maximum Gasteiger partial charge on any atom is 0.139 e. The maximum absolute atomic E-state index is 10.6. The second-order valence-electron chi connectivity index (χ2n) is 5.33. The Morgan fingerprint density at radius 3 is 2.78 bits per heavy atom. The molecule has 5 nitrogen and oxygen atoms in total. The van der Waals surface area contributed by atoms with Gasteiger partial charge >= 0.3 is 0 Å². The quantitative estimate of drug-likeness (QED) is 0.836. The maximum atomic E-state index is 10.6. The van der Waals surface area contributed by atoms with Crippen LogP contribution in [0.25, 0.3) is 0 Å². The number of rotatable bonds is 4. The number of aromatic nitrogens is 2. The first kappa shape index (κ1) is 12.1. The van der Waals surface area contributed by atoms with E-state index in [1.165, 1.54) is 0 Å². The molecule has 3 aliphatic heterocycles. The largest absolute Gasteiger partial charge is 0.383 e. The van der Waals surface area contributed by atoms with Gasteiger partial charge in [0.25, 0.3) is 0 Å². The van der Waals surface area contributed by atoms with Gasteiger partial charge in [0.15, 0.2) is 0 Å². The van der Waals surface area contributed by atoms with Gasteiger partial charge in [-0.3, -0.25) is 9.80 Å². The van der Waals surface area contributed by atoms with Crippen molar-refractivity contribution in [2.75, 3.05) is 32.7 Å². The summed E-state index contributed by atoms with van der Waals surface area (Å²) < 4.78 is 2.09. The molecule has 3 fully saturated rings. The van der Waals surface area contributed by atoms with Crippen LogP contribution in [0, 0.1) is 0 Å². The lowest BCUT2D eigenvalue weighted by molar-refractivity contribution is -0.0506. The third-order valence-corrected chi connectivity index (χ3v) is 4.16. The van der Waals surface area contributed by atoms with Gasteiger partial charge in [-0.1, -0.05) is 6.92 Å². The third kappa shape index (κ3) is 2.06. The van der Waals surface area contributed by atoms with Crippen molar-refractivity contribution < 1.29 is 5.11 Å². The number of aliphatic hydroxyl groups excluding tert-OH is 1. The number of nitrogens with zero attached hydrogens (tertiary/aromatic N) is 4. The van der Waals surface area contributed by atoms with Crippen LogP contribution < -0.4 is 0 Å². The first-order valence-corrected chi connectivity index (χ1v) is 6.95. The minimum atomic E-state index is -0.463. The minimum Gasteiger partial charge on any atom is -0.383 e. The Balaban J connectivity index is 1.77. The van der Waals surface area contributed by atoms with Gasteiger partial charge in [-0.2, -0.15) is 0 Å². The first-order valence-electron chi connectivity index (χ1n) is 6.95. The SMILES string of the molecule is CCCn1ccnc1C(O)C1CN2CCN1CC2. The van der Waals surface area contributed by atoms with E-state index in [0.717, 1.165) is 51.5 Å². The number of imidazole rings is 1. The Kier molecular flexibility index (Phi) is 3.37. The highest BCUT2D eigenvalue weighted by molar-refractivity contribution is 5.04. The monoisotopic (exact) mass is 250 g/mol. The van der Waals surface area contributed by atoms with Crippen LogP contribution >= 0.6 is 0 Å². The summed E-state index contributed by atoms with van der Waals surface area (Å²) in [4.78, 5) is 9.22. The lowest BCUT2D eigenvalue weighted by Crippen LogP contribution is -2.62. The summed E-state index contributed by atoms with van der Waals surface area (Å²) >= 11 is 0. The lowest BCUT2D eigenvalue weighted by Gasteiger charge is -2.48. The molecule has 100 valence electrons. The molecule has 1 N–H and O–H groups in total. The molecule has 0 amide bonds. The number of hydrogen-bond donors (Lipinski definition) is 1. The Hall–Kier alpha value is -0.910. The average Bonchev–Trinajstić information content (AvgIpc) is 2.88. The molecule has 2 atom stereocenters. The van der Waals surface area contributed by atoms with Crippen molar-refractivity contribution in [3.05, 3.63) is 18.2 Å². The van der Waals surface area contributed by atoms with E-state index in [-0.39, 0.29) is 6.04 Å². The van der Waals surface area contributed by atoms with Gasteiger partial charge in [-0.25, -0.2) is 4.98 Å². The van der Waals surface area contributed by atoms with E-state index >= 15 is 0 Å². The summed E-state index contributed by atoms with van der Waals surface area (Å²) in [5.74, 6) is 0.829. The van der Waals surface area contributed by atoms with Gasteiger partial charge in [0.2, 0.25) is 0 Å². The van der Waals surface area contributed by atoms with E-state index in [9.17, 15) is 5.11 Å². The highest BCUT2D eigenvalue weighted by atomic mass is 16.3. The fourth-order valence-electron chi connectivity index (χ4n) is 3.15. The summed E-state index contributed by atoms with van der Waals surface area (Å²) in [6.45, 7) is 8.50. The van der Waals surface area contributed by atoms with E-state index in [2.05, 4.69) is 26.3 Å². The summed E-state index contributed by atoms with van der Waals surface area (Å²) in [6.07, 6.45) is 4.37. The Labute approximate surface area is 108 Å². The van der Waals surface area contributed by atoms with Crippen molar-refractivity contribution in [1.82, 2.24) is 19.4 Å². The number of hydrogen-bond acceptors (Lipinski definition) is 4. The Bertz CT molecular complexity index is 397. The molecule has 4 heterocycles. The van der Waals surface area contributed by atoms with Gasteiger partial charge in [0.1, 0.15) is 11.9 Å². The molecule has 0 spiro atoms. The zero-order valence-electron chi connectivity index (χ0n) is 11.0. The Morgan fingerprint density at radius 2 is 2.17 bits per heavy atom. The molecular weight excluding hydrogens is 228 g/mol. The topological polar surface area (TPSA) is 44.5 Å². The molecular formula is C13H22N4O. The van der Waals surface area contributed by atoms with Crippen LogP contribution in [0.5, 0.6) is 0 Å². The standard InChI is InChI=1S/C13H22N4O/c1-2-4-17-5-3-14-13(17)12(18)11-10-15-6-8-16(11)9-7-15/h3,5,11-12,18H,2,4,6-10H2,1H3. The zero-order chi connectivity index (χ0) is 12.5. The highest BCUT2D eigenvalue weighted by Crippen LogP contribution is 2.26. The summed E-state index contributed by atoms with van der Waals surface area (Å²) in [5, 5.41) is 10.6. The van der Waals surface area contributed by atoms with E-state index in [1.807, 2.05) is 6.20 Å². The van der Waals surface area contributed by atoms with Crippen molar-refractivity contribution in [2.45, 2.75) is 32.0 Å². The van der Waals surface area contributed by atoms with Crippen molar-refractivity contribution in [3.63, 3.8) is 0 Å². The molecule has 2 bridgehead atoms. The molecule has 3 aliphatic rings. The Morgan fingerprint density at radius 1 is 1.39 bits per heavy atom. The van der Waals surface area contributed by atoms with E-state index < -0.39 is 6.10 Å². The molecule has 2 unspecified atom stereocenters. The van der Waals surface area contributed by atoms with Gasteiger partial charge in [-0.15, -0.1) is 0 Å². The van der Waals surface area contributed by atoms with Crippen LogP contribution in [0.2, 0.25) is 0 Å². The number of fused-ring (bicyclic) bond motifs is 3. The van der Waals surface area contributed by atoms with Crippen molar-refractivity contribution in [3.8, 4) is 0 Å². The van der Waals surface area contributed by atoms with Crippen molar-refractivity contribution in [2.24, 2.45) is 0 Å². The number of aliphatic hydroxyl groups is 1. The molecule has 1 aromatic heterocycles. The molecule has 4 rings (SSSR count). The average molecular weight is 250 g/mol. The smallest absolute Gasteiger partial charge is 0.139 e. The fraction of sp³-hybridized carbons (Fsp3) is 0.769. The first-order chi connectivity index (χ1) is 8.79. The molecule has 0 radical (unpaired) electrons. The third-order valence-electron chi connectivity index (χ3n) is 4.16. The summed E-state index contributed by atoms with van der Waals surface area (Å²) in [7, 11) is 0. The van der Waals surface area contributed by atoms with Crippen LogP contribution in [0.3, 0.4) is 0 Å². The van der Waals surface area contributed by atoms with Gasteiger partial charge in [-0.05, 0) is 6.42 Å². The molecule has 0 aromatic carbocycles. The van der Waals surface area contributed by atoms with Gasteiger partial charge in [0, 0.05) is 51.7 Å².